The Balaban J connectivity index is 0.864. The monoisotopic (exact) mass is 1000 g/mol. The number of nitrogens with one attached hydrogen (secondary N) is 3. The number of hydrogen-bond acceptors (Lipinski definition) is 14. The van der Waals surface area contributed by atoms with Crippen LogP contribution in [0.25, 0.3) is 11.0 Å². The highest BCUT2D eigenvalue weighted by molar-refractivity contribution is 7.90. The van der Waals surface area contributed by atoms with Gasteiger partial charge in [0.25, 0.3) is 21.6 Å². The van der Waals surface area contributed by atoms with E-state index in [9.17, 15) is 28.4 Å². The van der Waals surface area contributed by atoms with Gasteiger partial charge < -0.3 is 39.4 Å². The van der Waals surface area contributed by atoms with Gasteiger partial charge in [0.2, 0.25) is 5.88 Å². The molecule has 6 heterocycles. The number of aliphatic hydroxyl groups is 1. The third-order valence-electron chi connectivity index (χ3n) is 16.7. The molecule has 5 fully saturated rings. The number of benzene rings is 3. The van der Waals surface area contributed by atoms with E-state index in [2.05, 4.69) is 67.8 Å². The van der Waals surface area contributed by atoms with Crippen molar-refractivity contribution in [3.05, 3.63) is 106 Å². The van der Waals surface area contributed by atoms with Crippen molar-refractivity contribution in [1.82, 2.24) is 19.6 Å². The van der Waals surface area contributed by atoms with Gasteiger partial charge in [-0.3, -0.25) is 19.8 Å². The predicted octanol–water partition coefficient (Wildman–Crippen LogP) is 8.58. The van der Waals surface area contributed by atoms with Gasteiger partial charge in [-0.1, -0.05) is 38.1 Å². The summed E-state index contributed by atoms with van der Waals surface area (Å²) in [6, 6.07) is 22.4. The van der Waals surface area contributed by atoms with E-state index in [0.717, 1.165) is 81.9 Å². The quantitative estimate of drug-likeness (QED) is 0.0683. The van der Waals surface area contributed by atoms with Gasteiger partial charge in [-0.05, 0) is 136 Å². The second-order valence-corrected chi connectivity index (χ2v) is 23.4. The molecule has 2 saturated carbocycles. The first-order valence-electron chi connectivity index (χ1n) is 25.8. The number of aromatic nitrogens is 2. The molecule has 0 unspecified atom stereocenters. The van der Waals surface area contributed by atoms with Crippen LogP contribution in [0.3, 0.4) is 0 Å². The molecule has 1 spiro atoms. The van der Waals surface area contributed by atoms with Crippen molar-refractivity contribution in [2.45, 2.75) is 119 Å². The second-order valence-electron chi connectivity index (χ2n) is 21.7. The van der Waals surface area contributed by atoms with Gasteiger partial charge in [0.05, 0.1) is 58.6 Å². The maximum atomic E-state index is 14.7. The number of hydrogen-bond donors (Lipinski definition) is 4. The number of amides is 1. The molecule has 0 bridgehead atoms. The lowest BCUT2D eigenvalue weighted by molar-refractivity contribution is -0.384. The van der Waals surface area contributed by atoms with Crippen LogP contribution in [-0.2, 0) is 19.5 Å². The zero-order chi connectivity index (χ0) is 49.9. The molecule has 2 aliphatic carbocycles. The fourth-order valence-electron chi connectivity index (χ4n) is 12.5. The van der Waals surface area contributed by atoms with Crippen LogP contribution in [-0.4, -0.2) is 116 Å². The molecule has 382 valence electrons. The topological polar surface area (TPSA) is 205 Å². The van der Waals surface area contributed by atoms with Gasteiger partial charge in [-0.25, -0.2) is 13.1 Å². The van der Waals surface area contributed by atoms with Crippen LogP contribution >= 0.6 is 0 Å². The van der Waals surface area contributed by atoms with E-state index in [1.165, 1.54) is 23.3 Å². The average molecular weight is 1000 g/mol. The minimum atomic E-state index is -4.62. The lowest BCUT2D eigenvalue weighted by Crippen LogP contribution is -2.58. The molecule has 3 saturated heterocycles. The zero-order valence-electron chi connectivity index (χ0n) is 41.3. The number of ether oxygens (including phenoxy) is 3. The van der Waals surface area contributed by atoms with Gasteiger partial charge in [-0.15, -0.1) is 0 Å². The van der Waals surface area contributed by atoms with Crippen molar-refractivity contribution < 1.29 is 37.5 Å². The molecule has 2 aromatic heterocycles. The summed E-state index contributed by atoms with van der Waals surface area (Å²) in [5, 5.41) is 26.8. The number of carbonyl (C=O) groups is 1. The number of aromatic amines is 1. The van der Waals surface area contributed by atoms with E-state index in [1.807, 2.05) is 37.4 Å². The van der Waals surface area contributed by atoms with E-state index >= 15 is 0 Å². The molecule has 17 nitrogen and oxygen atoms in total. The van der Waals surface area contributed by atoms with Gasteiger partial charge in [0.15, 0.2) is 0 Å². The SMILES string of the molecule is CC(C)c1ccccc1[C@@H]1COCCN1C1CC2(CCN(c3ccc(C(=O)NS(=O)(=O)c4ccc(NCC5CCC(C)(O)CC5)c([N+](=O)[O-])c4)c(N4c5cc6cc[nH]c6nc5O[C@H]5COCC[C@@H]54)c3)CC2)C1. The number of pyridine rings is 1. The van der Waals surface area contributed by atoms with Crippen LogP contribution in [0.5, 0.6) is 5.88 Å². The first-order valence-corrected chi connectivity index (χ1v) is 27.3. The highest BCUT2D eigenvalue weighted by Gasteiger charge is 2.50. The zero-order valence-corrected chi connectivity index (χ0v) is 42.2. The van der Waals surface area contributed by atoms with Crippen molar-refractivity contribution in [3.63, 3.8) is 0 Å². The molecule has 5 aromatic rings. The van der Waals surface area contributed by atoms with Crippen molar-refractivity contribution in [2.75, 3.05) is 67.7 Å². The molecule has 0 radical (unpaired) electrons. The lowest BCUT2D eigenvalue weighted by atomic mass is 9.59. The first-order chi connectivity index (χ1) is 34.6. The Morgan fingerprint density at radius 3 is 2.50 bits per heavy atom. The number of carbonyl (C=O) groups excluding carboxylic acids is 1. The number of H-pyrrole nitrogens is 1. The van der Waals surface area contributed by atoms with Gasteiger partial charge in [-0.2, -0.15) is 4.98 Å². The third kappa shape index (κ3) is 9.40. The summed E-state index contributed by atoms with van der Waals surface area (Å²) in [4.78, 5) is 41.2. The molecule has 4 aliphatic heterocycles. The normalized spacial score (nSPS) is 25.6. The first kappa shape index (κ1) is 48.5. The summed E-state index contributed by atoms with van der Waals surface area (Å²) in [6.07, 6.45) is 9.09. The molecule has 1 amide bonds. The molecule has 72 heavy (non-hydrogen) atoms. The number of rotatable bonds is 12. The van der Waals surface area contributed by atoms with Crippen LogP contribution in [0.2, 0.25) is 0 Å². The van der Waals surface area contributed by atoms with E-state index in [-0.39, 0.29) is 34.7 Å². The Kier molecular flexibility index (Phi) is 13.0. The van der Waals surface area contributed by atoms with Crippen LogP contribution in [0.1, 0.15) is 112 Å². The van der Waals surface area contributed by atoms with E-state index < -0.39 is 43.1 Å². The van der Waals surface area contributed by atoms with Crippen LogP contribution < -0.4 is 24.6 Å². The Morgan fingerprint density at radius 1 is 0.944 bits per heavy atom. The number of nitrogens with zero attached hydrogens (tertiary/aromatic N) is 5. The highest BCUT2D eigenvalue weighted by atomic mass is 32.2. The predicted molar refractivity (Wildman–Crippen MR) is 275 cm³/mol. The van der Waals surface area contributed by atoms with Crippen molar-refractivity contribution in [2.24, 2.45) is 11.3 Å². The number of fused-ring (bicyclic) bond motifs is 3. The Hall–Kier alpha value is -5.79. The molecule has 3 atom stereocenters. The maximum Gasteiger partial charge on any atom is 0.293 e. The molecule has 18 heteroatoms. The lowest BCUT2D eigenvalue weighted by Gasteiger charge is -2.57. The molecule has 3 aromatic carbocycles. The number of nitro groups is 1. The van der Waals surface area contributed by atoms with Crippen LogP contribution in [0.15, 0.2) is 83.9 Å². The summed E-state index contributed by atoms with van der Waals surface area (Å²) < 4.78 is 49.2. The molecular formula is C54H66N8O9S. The largest absolute Gasteiger partial charge is 0.468 e. The third-order valence-corrected chi connectivity index (χ3v) is 18.0. The standard InChI is InChI=1S/C54H66N8O9S/c1-34(2)40-6-4-5-7-41(40)48-32-70-25-23-60(48)38-29-54(30-38)18-21-59(22-19-54)37-8-10-42(45(27-37)61-44-15-24-69-33-49(44)71-52-47(61)26-36-14-20-55-50(36)57-52)51(63)58-72(67,68)39-9-11-43(46(28-39)62(65)66)56-31-35-12-16-53(3,64)17-13-35/h4-11,14,20,26-28,34-35,38,44,48-49,56,64H,12-13,15-19,21-25,29-33H2,1-3H3,(H,55,57)(H,58,63)/t35?,44-,48-,49-,53?/m0/s1. The van der Waals surface area contributed by atoms with E-state index in [4.69, 9.17) is 19.2 Å². The minimum Gasteiger partial charge on any atom is -0.468 e. The van der Waals surface area contributed by atoms with E-state index in [1.54, 1.807) is 6.07 Å². The summed E-state index contributed by atoms with van der Waals surface area (Å²) in [5.74, 6) is 0.116. The number of anilines is 4. The summed E-state index contributed by atoms with van der Waals surface area (Å²) in [7, 11) is -4.62. The summed E-state index contributed by atoms with van der Waals surface area (Å²) >= 11 is 0. The summed E-state index contributed by atoms with van der Waals surface area (Å²) in [6.45, 7) is 11.6. The Morgan fingerprint density at radius 2 is 1.72 bits per heavy atom. The molecular weight excluding hydrogens is 937 g/mol. The maximum absolute atomic E-state index is 14.7. The highest BCUT2D eigenvalue weighted by Crippen LogP contribution is 2.54. The fraction of sp³-hybridized carbons (Fsp3) is 0.519. The smallest absolute Gasteiger partial charge is 0.293 e. The van der Waals surface area contributed by atoms with Crippen molar-refractivity contribution in [3.8, 4) is 5.88 Å². The molecule has 6 aliphatic rings. The number of morpholine rings is 1. The van der Waals surface area contributed by atoms with Gasteiger partial charge >= 0.3 is 0 Å². The molecule has 11 rings (SSSR count). The average Bonchev–Trinajstić information content (AvgIpc) is 3.83. The number of piperidine rings is 1. The second kappa shape index (κ2) is 19.2. The number of nitro benzene ring substituents is 1. The number of sulfonamides is 1. The van der Waals surface area contributed by atoms with Crippen molar-refractivity contribution >= 4 is 55.4 Å². The summed E-state index contributed by atoms with van der Waals surface area (Å²) in [5.41, 5.74) is 4.87. The fourth-order valence-corrected chi connectivity index (χ4v) is 13.5. The van der Waals surface area contributed by atoms with Crippen LogP contribution in [0, 0.1) is 21.4 Å². The Labute approximate surface area is 420 Å². The molecule has 4 N–H and O–H groups in total. The van der Waals surface area contributed by atoms with Crippen LogP contribution in [0.4, 0.5) is 28.4 Å². The van der Waals surface area contributed by atoms with E-state index in [0.29, 0.717) is 80.5 Å². The van der Waals surface area contributed by atoms with Gasteiger partial charge in [0.1, 0.15) is 23.1 Å². The van der Waals surface area contributed by atoms with Gasteiger partial charge in [0, 0.05) is 62.2 Å². The van der Waals surface area contributed by atoms with Crippen molar-refractivity contribution in [1.29, 1.82) is 0 Å². The Bertz CT molecular complexity index is 2950. The minimum absolute atomic E-state index is 0.114.